The average Bonchev–Trinajstić information content (AvgIpc) is 2.99. The van der Waals surface area contributed by atoms with E-state index in [9.17, 15) is 9.59 Å². The molecule has 0 aromatic carbocycles. The molecule has 1 atom stereocenters. The van der Waals surface area contributed by atoms with E-state index in [0.29, 0.717) is 25.4 Å². The van der Waals surface area contributed by atoms with Crippen molar-refractivity contribution in [2.24, 2.45) is 5.92 Å². The van der Waals surface area contributed by atoms with E-state index in [1.807, 2.05) is 4.90 Å². The summed E-state index contributed by atoms with van der Waals surface area (Å²) in [5.41, 5.74) is 0. The monoisotopic (exact) mass is 297 g/mol. The molecule has 120 valence electrons. The van der Waals surface area contributed by atoms with E-state index in [1.165, 1.54) is 13.5 Å². The van der Waals surface area contributed by atoms with Crippen LogP contribution in [0.2, 0.25) is 0 Å². The van der Waals surface area contributed by atoms with Gasteiger partial charge in [-0.1, -0.05) is 0 Å². The number of nitrogens with one attached hydrogen (secondary N) is 2. The first-order valence-electron chi connectivity index (χ1n) is 7.96. The molecule has 0 aromatic heterocycles. The molecular formula is C15H27N3O3. The molecule has 0 aromatic rings. The van der Waals surface area contributed by atoms with Crippen molar-refractivity contribution in [3.05, 3.63) is 0 Å². The summed E-state index contributed by atoms with van der Waals surface area (Å²) < 4.78 is 4.86. The van der Waals surface area contributed by atoms with E-state index < -0.39 is 0 Å². The van der Waals surface area contributed by atoms with Gasteiger partial charge in [0.2, 0.25) is 11.8 Å². The summed E-state index contributed by atoms with van der Waals surface area (Å²) in [6, 6.07) is 0.214. The molecule has 2 N–H and O–H groups in total. The van der Waals surface area contributed by atoms with Gasteiger partial charge in [0.1, 0.15) is 6.61 Å². The van der Waals surface area contributed by atoms with Gasteiger partial charge in [-0.15, -0.1) is 0 Å². The van der Waals surface area contributed by atoms with E-state index in [2.05, 4.69) is 10.6 Å². The van der Waals surface area contributed by atoms with Crippen molar-refractivity contribution in [2.45, 2.75) is 38.1 Å². The fourth-order valence-electron chi connectivity index (χ4n) is 3.08. The van der Waals surface area contributed by atoms with E-state index in [4.69, 9.17) is 4.74 Å². The predicted molar refractivity (Wildman–Crippen MR) is 79.8 cm³/mol. The number of rotatable bonds is 6. The summed E-state index contributed by atoms with van der Waals surface area (Å²) in [6.07, 6.45) is 4.46. The maximum Gasteiger partial charge on any atom is 0.248 e. The normalized spacial score (nSPS) is 23.3. The minimum Gasteiger partial charge on any atom is -0.375 e. The van der Waals surface area contributed by atoms with Crippen LogP contribution in [0.5, 0.6) is 0 Å². The maximum atomic E-state index is 12.0. The zero-order valence-electron chi connectivity index (χ0n) is 12.9. The quantitative estimate of drug-likeness (QED) is 0.731. The Bertz CT molecular complexity index is 348. The van der Waals surface area contributed by atoms with Gasteiger partial charge >= 0.3 is 0 Å². The Balaban J connectivity index is 1.61. The van der Waals surface area contributed by atoms with Gasteiger partial charge in [-0.25, -0.2) is 0 Å². The molecule has 2 saturated heterocycles. The molecule has 2 amide bonds. The van der Waals surface area contributed by atoms with Crippen molar-refractivity contribution >= 4 is 11.8 Å². The third-order valence-electron chi connectivity index (χ3n) is 4.42. The number of nitrogens with zero attached hydrogens (tertiary/aromatic N) is 1. The van der Waals surface area contributed by atoms with Crippen molar-refractivity contribution in [3.8, 4) is 0 Å². The molecule has 2 heterocycles. The molecule has 0 bridgehead atoms. The highest BCUT2D eigenvalue weighted by Crippen LogP contribution is 2.15. The highest BCUT2D eigenvalue weighted by molar-refractivity contribution is 5.78. The van der Waals surface area contributed by atoms with Crippen LogP contribution in [0, 0.1) is 5.92 Å². The van der Waals surface area contributed by atoms with Crippen LogP contribution in [-0.2, 0) is 14.3 Å². The van der Waals surface area contributed by atoms with Crippen molar-refractivity contribution in [1.82, 2.24) is 15.5 Å². The van der Waals surface area contributed by atoms with Crippen LogP contribution in [0.4, 0.5) is 0 Å². The number of carbonyl (C=O) groups excluding carboxylic acids is 2. The highest BCUT2D eigenvalue weighted by Gasteiger charge is 2.24. The fourth-order valence-corrected chi connectivity index (χ4v) is 3.08. The lowest BCUT2D eigenvalue weighted by atomic mass is 10.0. The topological polar surface area (TPSA) is 70.7 Å². The Labute approximate surface area is 126 Å². The van der Waals surface area contributed by atoms with Crippen LogP contribution in [0.25, 0.3) is 0 Å². The smallest absolute Gasteiger partial charge is 0.248 e. The molecular weight excluding hydrogens is 270 g/mol. The predicted octanol–water partition coefficient (Wildman–Crippen LogP) is 0.130. The van der Waals surface area contributed by atoms with Crippen LogP contribution in [0.1, 0.15) is 32.1 Å². The van der Waals surface area contributed by atoms with Crippen LogP contribution < -0.4 is 10.6 Å². The lowest BCUT2D eigenvalue weighted by Crippen LogP contribution is -2.47. The minimum absolute atomic E-state index is 0.0380. The number of ether oxygens (including phenoxy) is 1. The molecule has 6 nitrogen and oxygen atoms in total. The van der Waals surface area contributed by atoms with Gasteiger partial charge in [-0.05, 0) is 44.7 Å². The standard InChI is InChI=1S/C15H27N3O3/c1-21-11-15(20)18-8-5-13(6-9-18)17-14(19)3-2-12-4-7-16-10-12/h12-13,16H,2-11H2,1H3,(H,17,19). The van der Waals surface area contributed by atoms with Crippen LogP contribution in [0.3, 0.4) is 0 Å². The Morgan fingerprint density at radius 1 is 1.29 bits per heavy atom. The van der Waals surface area contributed by atoms with Crippen molar-refractivity contribution < 1.29 is 14.3 Å². The molecule has 2 fully saturated rings. The molecule has 2 aliphatic heterocycles. The van der Waals surface area contributed by atoms with Crippen molar-refractivity contribution in [2.75, 3.05) is 39.9 Å². The minimum atomic E-state index is 0.0380. The SMILES string of the molecule is COCC(=O)N1CCC(NC(=O)CCC2CCNC2)CC1. The third-order valence-corrected chi connectivity index (χ3v) is 4.42. The van der Waals surface area contributed by atoms with Crippen LogP contribution in [-0.4, -0.2) is 62.7 Å². The van der Waals surface area contributed by atoms with Gasteiger partial charge in [0.25, 0.3) is 0 Å². The lowest BCUT2D eigenvalue weighted by Gasteiger charge is -2.32. The zero-order valence-corrected chi connectivity index (χ0v) is 12.9. The Kier molecular flexibility index (Phi) is 6.45. The van der Waals surface area contributed by atoms with Gasteiger partial charge in [0, 0.05) is 32.7 Å². The van der Waals surface area contributed by atoms with Crippen LogP contribution >= 0.6 is 0 Å². The maximum absolute atomic E-state index is 12.0. The van der Waals surface area contributed by atoms with E-state index in [1.54, 1.807) is 0 Å². The van der Waals surface area contributed by atoms with E-state index in [-0.39, 0.29) is 24.5 Å². The number of methoxy groups -OCH3 is 1. The van der Waals surface area contributed by atoms with Crippen LogP contribution in [0.15, 0.2) is 0 Å². The molecule has 2 rings (SSSR count). The Morgan fingerprint density at radius 3 is 2.67 bits per heavy atom. The summed E-state index contributed by atoms with van der Waals surface area (Å²) in [5, 5.41) is 6.43. The summed E-state index contributed by atoms with van der Waals surface area (Å²) >= 11 is 0. The van der Waals surface area contributed by atoms with Gasteiger partial charge in [-0.3, -0.25) is 9.59 Å². The number of hydrogen-bond acceptors (Lipinski definition) is 4. The van der Waals surface area contributed by atoms with Crippen molar-refractivity contribution in [3.63, 3.8) is 0 Å². The molecule has 0 saturated carbocycles. The summed E-state index contributed by atoms with van der Waals surface area (Å²) in [4.78, 5) is 25.5. The second kappa shape index (κ2) is 8.34. The summed E-state index contributed by atoms with van der Waals surface area (Å²) in [7, 11) is 1.53. The Morgan fingerprint density at radius 2 is 2.05 bits per heavy atom. The van der Waals surface area contributed by atoms with Gasteiger partial charge in [0.05, 0.1) is 0 Å². The lowest BCUT2D eigenvalue weighted by molar-refractivity contribution is -0.136. The molecule has 6 heteroatoms. The number of likely N-dealkylation sites (tertiary alicyclic amines) is 1. The summed E-state index contributed by atoms with van der Waals surface area (Å²) in [6.45, 7) is 3.69. The fraction of sp³-hybridized carbons (Fsp3) is 0.867. The molecule has 0 aliphatic carbocycles. The second-order valence-electron chi connectivity index (χ2n) is 6.05. The Hall–Kier alpha value is -1.14. The van der Waals surface area contributed by atoms with Gasteiger partial charge in [0.15, 0.2) is 0 Å². The van der Waals surface area contributed by atoms with E-state index in [0.717, 1.165) is 32.4 Å². The number of piperidine rings is 1. The summed E-state index contributed by atoms with van der Waals surface area (Å²) in [5.74, 6) is 0.851. The second-order valence-corrected chi connectivity index (χ2v) is 6.05. The number of amides is 2. The van der Waals surface area contributed by atoms with Crippen molar-refractivity contribution in [1.29, 1.82) is 0 Å². The first kappa shape index (κ1) is 16.2. The molecule has 0 radical (unpaired) electrons. The average molecular weight is 297 g/mol. The number of carbonyl (C=O) groups is 2. The molecule has 2 aliphatic rings. The highest BCUT2D eigenvalue weighted by atomic mass is 16.5. The molecule has 0 spiro atoms. The zero-order chi connectivity index (χ0) is 15.1. The third kappa shape index (κ3) is 5.28. The number of hydrogen-bond donors (Lipinski definition) is 2. The first-order chi connectivity index (χ1) is 10.2. The molecule has 1 unspecified atom stereocenters. The first-order valence-corrected chi connectivity index (χ1v) is 7.96. The molecule has 21 heavy (non-hydrogen) atoms. The largest absolute Gasteiger partial charge is 0.375 e. The van der Waals surface area contributed by atoms with E-state index >= 15 is 0 Å². The van der Waals surface area contributed by atoms with Gasteiger partial charge < -0.3 is 20.3 Å². The van der Waals surface area contributed by atoms with Gasteiger partial charge in [-0.2, -0.15) is 0 Å².